The van der Waals surface area contributed by atoms with Crippen molar-refractivity contribution >= 4 is 44.5 Å². The first-order valence-electron chi connectivity index (χ1n) is 8.23. The van der Waals surface area contributed by atoms with Crippen molar-refractivity contribution in [2.75, 3.05) is 26.2 Å². The van der Waals surface area contributed by atoms with Crippen molar-refractivity contribution in [3.63, 3.8) is 0 Å². The number of aromatic nitrogens is 2. The van der Waals surface area contributed by atoms with Gasteiger partial charge in [-0.3, -0.25) is 9.69 Å². The molecule has 0 saturated carbocycles. The highest BCUT2D eigenvalue weighted by atomic mass is 79.9. The molecule has 0 aromatic carbocycles. The number of nitrogens with zero attached hydrogens (tertiary/aromatic N) is 4. The van der Waals surface area contributed by atoms with Gasteiger partial charge in [0.25, 0.3) is 5.91 Å². The summed E-state index contributed by atoms with van der Waals surface area (Å²) in [5, 5.41) is 6.06. The third-order valence-electron chi connectivity index (χ3n) is 4.23. The van der Waals surface area contributed by atoms with E-state index >= 15 is 0 Å². The molecule has 26 heavy (non-hydrogen) atoms. The molecule has 0 radical (unpaired) electrons. The maximum atomic E-state index is 12.5. The van der Waals surface area contributed by atoms with Crippen LogP contribution in [0, 0.1) is 6.92 Å². The van der Waals surface area contributed by atoms with E-state index in [1.165, 1.54) is 0 Å². The number of aryl methyl sites for hydroxylation is 1. The molecular weight excluding hydrogens is 436 g/mol. The molecule has 0 atom stereocenters. The van der Waals surface area contributed by atoms with E-state index in [1.54, 1.807) is 22.7 Å². The zero-order valence-corrected chi connectivity index (χ0v) is 17.4. The van der Waals surface area contributed by atoms with Crippen LogP contribution in [0.4, 0.5) is 0 Å². The molecule has 0 spiro atoms. The number of hydrogen-bond acceptors (Lipinski definition) is 7. The molecule has 3 aromatic rings. The van der Waals surface area contributed by atoms with E-state index in [1.807, 2.05) is 35.4 Å². The Labute approximate surface area is 167 Å². The number of rotatable bonds is 4. The Hall–Kier alpha value is -1.55. The molecule has 1 aliphatic rings. The molecule has 1 fully saturated rings. The largest absolute Gasteiger partial charge is 0.338 e. The van der Waals surface area contributed by atoms with Crippen molar-refractivity contribution in [3.8, 4) is 10.7 Å². The van der Waals surface area contributed by atoms with Crippen molar-refractivity contribution < 1.29 is 9.32 Å². The second-order valence-corrected chi connectivity index (χ2v) is 9.23. The average Bonchev–Trinajstić information content (AvgIpc) is 3.36. The van der Waals surface area contributed by atoms with Crippen molar-refractivity contribution in [2.45, 2.75) is 13.5 Å². The highest BCUT2D eigenvalue weighted by Crippen LogP contribution is 2.28. The van der Waals surface area contributed by atoms with Crippen LogP contribution < -0.4 is 0 Å². The van der Waals surface area contributed by atoms with Gasteiger partial charge in [0.05, 0.1) is 16.3 Å². The van der Waals surface area contributed by atoms with Crippen LogP contribution in [0.2, 0.25) is 0 Å². The third kappa shape index (κ3) is 3.90. The molecule has 1 aliphatic heterocycles. The Bertz CT molecular complexity index is 911. The molecule has 136 valence electrons. The van der Waals surface area contributed by atoms with Gasteiger partial charge in [0, 0.05) is 40.9 Å². The summed E-state index contributed by atoms with van der Waals surface area (Å²) in [5.41, 5.74) is 0. The third-order valence-corrected chi connectivity index (χ3v) is 6.90. The van der Waals surface area contributed by atoms with Crippen molar-refractivity contribution in [2.24, 2.45) is 0 Å². The molecule has 0 bridgehead atoms. The van der Waals surface area contributed by atoms with Gasteiger partial charge in [-0.25, -0.2) is 0 Å². The van der Waals surface area contributed by atoms with Gasteiger partial charge in [-0.1, -0.05) is 5.16 Å². The molecule has 3 aromatic heterocycles. The Morgan fingerprint density at radius 3 is 2.77 bits per heavy atom. The van der Waals surface area contributed by atoms with Crippen LogP contribution in [0.1, 0.15) is 20.4 Å². The number of piperazine rings is 1. The molecule has 4 rings (SSSR count). The summed E-state index contributed by atoms with van der Waals surface area (Å²) in [6, 6.07) is 5.89. The van der Waals surface area contributed by atoms with Crippen molar-refractivity contribution in [1.82, 2.24) is 19.9 Å². The first kappa shape index (κ1) is 17.8. The topological polar surface area (TPSA) is 62.5 Å². The molecule has 1 amide bonds. The molecule has 9 heteroatoms. The van der Waals surface area contributed by atoms with Crippen LogP contribution in [-0.4, -0.2) is 52.0 Å². The predicted molar refractivity (Wildman–Crippen MR) is 106 cm³/mol. The number of thiophene rings is 2. The molecular formula is C17H17BrN4O2S2. The fraction of sp³-hybridized carbons (Fsp3) is 0.353. The van der Waals surface area contributed by atoms with E-state index < -0.39 is 0 Å². The standard InChI is InChI=1S/C17H17BrN4O2S2/c1-11-2-3-13(26-11)17(23)22-6-4-21(5-7-22)9-15-19-16(20-24-15)14-8-12(18)10-25-14/h2-3,8,10H,4-7,9H2,1H3. The van der Waals surface area contributed by atoms with E-state index in [2.05, 4.69) is 31.0 Å². The quantitative estimate of drug-likeness (QED) is 0.600. The second-order valence-electron chi connectivity index (χ2n) is 6.12. The zero-order chi connectivity index (χ0) is 18.1. The number of carbonyl (C=O) groups excluding carboxylic acids is 1. The predicted octanol–water partition coefficient (Wildman–Crippen LogP) is 3.89. The maximum Gasteiger partial charge on any atom is 0.264 e. The Balaban J connectivity index is 1.33. The van der Waals surface area contributed by atoms with Gasteiger partial charge in [0.1, 0.15) is 0 Å². The highest BCUT2D eigenvalue weighted by Gasteiger charge is 2.24. The minimum atomic E-state index is 0.131. The first-order chi connectivity index (χ1) is 12.6. The summed E-state index contributed by atoms with van der Waals surface area (Å²) >= 11 is 6.57. The summed E-state index contributed by atoms with van der Waals surface area (Å²) in [6.07, 6.45) is 0. The second kappa shape index (κ2) is 7.59. The van der Waals surface area contributed by atoms with E-state index in [0.29, 0.717) is 31.3 Å². The molecule has 4 heterocycles. The van der Waals surface area contributed by atoms with E-state index in [4.69, 9.17) is 4.52 Å². The molecule has 0 aliphatic carbocycles. The van der Waals surface area contributed by atoms with E-state index in [0.717, 1.165) is 32.2 Å². The highest BCUT2D eigenvalue weighted by molar-refractivity contribution is 9.10. The Morgan fingerprint density at radius 1 is 1.31 bits per heavy atom. The smallest absolute Gasteiger partial charge is 0.264 e. The lowest BCUT2D eigenvalue weighted by Gasteiger charge is -2.33. The van der Waals surface area contributed by atoms with Gasteiger partial charge >= 0.3 is 0 Å². The lowest BCUT2D eigenvalue weighted by molar-refractivity contribution is 0.0620. The first-order valence-corrected chi connectivity index (χ1v) is 10.7. The Kier molecular flexibility index (Phi) is 5.21. The summed E-state index contributed by atoms with van der Waals surface area (Å²) in [6.45, 7) is 5.67. The number of amides is 1. The van der Waals surface area contributed by atoms with Gasteiger partial charge in [-0.2, -0.15) is 4.98 Å². The molecule has 1 saturated heterocycles. The van der Waals surface area contributed by atoms with Crippen LogP contribution in [0.15, 0.2) is 32.6 Å². The fourth-order valence-corrected chi connectivity index (χ4v) is 5.04. The van der Waals surface area contributed by atoms with Crippen LogP contribution in [0.25, 0.3) is 10.7 Å². The number of carbonyl (C=O) groups is 1. The van der Waals surface area contributed by atoms with Crippen LogP contribution in [0.5, 0.6) is 0 Å². The van der Waals surface area contributed by atoms with Crippen molar-refractivity contribution in [3.05, 3.63) is 43.7 Å². The fourth-order valence-electron chi connectivity index (χ4n) is 2.86. The summed E-state index contributed by atoms with van der Waals surface area (Å²) in [4.78, 5) is 24.1. The van der Waals surface area contributed by atoms with Gasteiger partial charge in [0.15, 0.2) is 0 Å². The van der Waals surface area contributed by atoms with E-state index in [-0.39, 0.29) is 5.91 Å². The summed E-state index contributed by atoms with van der Waals surface area (Å²) in [7, 11) is 0. The number of halogens is 1. The van der Waals surface area contributed by atoms with Gasteiger partial charge < -0.3 is 9.42 Å². The van der Waals surface area contributed by atoms with E-state index in [9.17, 15) is 4.79 Å². The van der Waals surface area contributed by atoms with Crippen LogP contribution in [0.3, 0.4) is 0 Å². The lowest BCUT2D eigenvalue weighted by Crippen LogP contribution is -2.48. The summed E-state index contributed by atoms with van der Waals surface area (Å²) in [5.74, 6) is 1.36. The average molecular weight is 453 g/mol. The molecule has 0 N–H and O–H groups in total. The minimum absolute atomic E-state index is 0.131. The normalized spacial score (nSPS) is 15.5. The Morgan fingerprint density at radius 2 is 2.12 bits per heavy atom. The SMILES string of the molecule is Cc1ccc(C(=O)N2CCN(Cc3nc(-c4cc(Br)cs4)no3)CC2)s1. The van der Waals surface area contributed by atoms with Gasteiger partial charge in [-0.05, 0) is 41.1 Å². The van der Waals surface area contributed by atoms with Crippen LogP contribution >= 0.6 is 38.6 Å². The van der Waals surface area contributed by atoms with Gasteiger partial charge in [0.2, 0.25) is 11.7 Å². The minimum Gasteiger partial charge on any atom is -0.338 e. The van der Waals surface area contributed by atoms with Crippen molar-refractivity contribution in [1.29, 1.82) is 0 Å². The molecule has 0 unspecified atom stereocenters. The van der Waals surface area contributed by atoms with Crippen LogP contribution in [-0.2, 0) is 6.54 Å². The zero-order valence-electron chi connectivity index (χ0n) is 14.1. The maximum absolute atomic E-state index is 12.5. The summed E-state index contributed by atoms with van der Waals surface area (Å²) < 4.78 is 6.41. The molecule has 6 nitrogen and oxygen atoms in total. The monoisotopic (exact) mass is 452 g/mol. The van der Waals surface area contributed by atoms with Gasteiger partial charge in [-0.15, -0.1) is 22.7 Å². The lowest BCUT2D eigenvalue weighted by atomic mass is 10.3. The number of hydrogen-bond donors (Lipinski definition) is 0.